The van der Waals surface area contributed by atoms with Crippen LogP contribution in [0.4, 0.5) is 17.1 Å². The lowest BCUT2D eigenvalue weighted by Crippen LogP contribution is -2.28. The van der Waals surface area contributed by atoms with Crippen molar-refractivity contribution in [3.8, 4) is 11.1 Å². The molecule has 0 radical (unpaired) electrons. The van der Waals surface area contributed by atoms with Gasteiger partial charge in [0.1, 0.15) is 0 Å². The molecule has 2 atom stereocenters. The van der Waals surface area contributed by atoms with E-state index in [0.717, 1.165) is 0 Å². The van der Waals surface area contributed by atoms with Gasteiger partial charge in [0, 0.05) is 22.5 Å². The minimum absolute atomic E-state index is 0.0487. The lowest BCUT2D eigenvalue weighted by atomic mass is 9.68. The maximum atomic E-state index is 2.49. The first-order chi connectivity index (χ1) is 20.9. The Morgan fingerprint density at radius 1 is 0.523 bits per heavy atom. The fraction of sp³-hybridized carbons (Fsp3) is 0.442. The third-order valence-corrected chi connectivity index (χ3v) is 9.59. The van der Waals surface area contributed by atoms with E-state index >= 15 is 0 Å². The van der Waals surface area contributed by atoms with Gasteiger partial charge in [-0.05, 0) is 120 Å². The molecular weight excluding hydrogens is 530 g/mol. The summed E-state index contributed by atoms with van der Waals surface area (Å²) >= 11 is 0. The van der Waals surface area contributed by atoms with Crippen LogP contribution in [0.15, 0.2) is 103 Å². The van der Waals surface area contributed by atoms with Crippen LogP contribution in [0.5, 0.6) is 0 Å². The standard InChI is InChI=1S/C43H55N/c1-32(30-41(3,4)5)25-27-43(28-26-33(2)31-42(6,7)8)39-22-16-15-21-37(39)38-29-36(23-24-40(38)43)44(34-17-11-9-12-18-34)35-19-13-10-14-20-35/h9-24,29,32-33H,25-28,30-31H2,1-8H3. The summed E-state index contributed by atoms with van der Waals surface area (Å²) in [6, 6.07) is 38.3. The molecule has 1 nitrogen and oxygen atoms in total. The third-order valence-electron chi connectivity index (χ3n) is 9.59. The van der Waals surface area contributed by atoms with E-state index in [9.17, 15) is 0 Å². The largest absolute Gasteiger partial charge is 0.310 e. The molecule has 0 N–H and O–H groups in total. The highest BCUT2D eigenvalue weighted by Gasteiger charge is 2.43. The number of rotatable bonds is 11. The average molecular weight is 586 g/mol. The molecule has 5 rings (SSSR count). The molecule has 2 unspecified atom stereocenters. The minimum Gasteiger partial charge on any atom is -0.310 e. The lowest BCUT2D eigenvalue weighted by Gasteiger charge is -2.36. The number of nitrogens with zero attached hydrogens (tertiary/aromatic N) is 1. The summed E-state index contributed by atoms with van der Waals surface area (Å²) in [7, 11) is 0. The molecule has 0 saturated heterocycles. The Labute approximate surface area is 268 Å². The fourth-order valence-electron chi connectivity index (χ4n) is 8.14. The molecule has 0 amide bonds. The molecule has 0 fully saturated rings. The number of benzene rings is 4. The van der Waals surface area contributed by atoms with Crippen molar-refractivity contribution in [2.75, 3.05) is 4.90 Å². The summed E-state index contributed by atoms with van der Waals surface area (Å²) in [6.45, 7) is 19.3. The highest BCUT2D eigenvalue weighted by Crippen LogP contribution is 2.56. The first-order valence-corrected chi connectivity index (χ1v) is 17.0. The maximum Gasteiger partial charge on any atom is 0.0468 e. The summed E-state index contributed by atoms with van der Waals surface area (Å²) in [4.78, 5) is 2.40. The van der Waals surface area contributed by atoms with Crippen molar-refractivity contribution >= 4 is 17.1 Å². The van der Waals surface area contributed by atoms with E-state index in [1.807, 2.05) is 0 Å². The molecule has 0 aliphatic heterocycles. The Bertz CT molecular complexity index is 1440. The van der Waals surface area contributed by atoms with Crippen molar-refractivity contribution < 1.29 is 0 Å². The van der Waals surface area contributed by atoms with Crippen LogP contribution >= 0.6 is 0 Å². The molecule has 1 aliphatic rings. The van der Waals surface area contributed by atoms with Gasteiger partial charge in [0.2, 0.25) is 0 Å². The predicted molar refractivity (Wildman–Crippen MR) is 192 cm³/mol. The number of para-hydroxylation sites is 2. The van der Waals surface area contributed by atoms with Gasteiger partial charge in [-0.25, -0.2) is 0 Å². The Balaban J connectivity index is 1.60. The number of hydrogen-bond acceptors (Lipinski definition) is 1. The molecule has 0 saturated carbocycles. The van der Waals surface area contributed by atoms with E-state index in [1.54, 1.807) is 5.56 Å². The van der Waals surface area contributed by atoms with Gasteiger partial charge in [0.25, 0.3) is 0 Å². The first-order valence-electron chi connectivity index (χ1n) is 17.0. The zero-order chi connectivity index (χ0) is 31.5. The van der Waals surface area contributed by atoms with Crippen LogP contribution in [0.1, 0.15) is 105 Å². The van der Waals surface area contributed by atoms with Gasteiger partial charge in [0.05, 0.1) is 0 Å². The molecule has 1 aliphatic carbocycles. The quantitative estimate of drug-likeness (QED) is 0.169. The predicted octanol–water partition coefficient (Wildman–Crippen LogP) is 13.1. The molecule has 0 aromatic heterocycles. The lowest BCUT2D eigenvalue weighted by molar-refractivity contribution is 0.257. The van der Waals surface area contributed by atoms with Crippen molar-refractivity contribution in [3.63, 3.8) is 0 Å². The molecule has 4 aromatic rings. The summed E-state index contributed by atoms with van der Waals surface area (Å²) in [6.07, 6.45) is 7.44. The minimum atomic E-state index is 0.0487. The monoisotopic (exact) mass is 585 g/mol. The highest BCUT2D eigenvalue weighted by atomic mass is 15.1. The number of anilines is 3. The van der Waals surface area contributed by atoms with Crippen LogP contribution in [0.2, 0.25) is 0 Å². The molecule has 0 bridgehead atoms. The molecule has 44 heavy (non-hydrogen) atoms. The Hall–Kier alpha value is -3.32. The van der Waals surface area contributed by atoms with Crippen molar-refractivity contribution in [1.82, 2.24) is 0 Å². The van der Waals surface area contributed by atoms with Gasteiger partial charge in [-0.2, -0.15) is 0 Å². The summed E-state index contributed by atoms with van der Waals surface area (Å²) in [5.41, 5.74) is 10.3. The van der Waals surface area contributed by atoms with Crippen LogP contribution < -0.4 is 4.90 Å². The molecule has 1 heteroatoms. The first kappa shape index (κ1) is 32.1. The molecule has 0 heterocycles. The van der Waals surface area contributed by atoms with Crippen LogP contribution in [0, 0.1) is 22.7 Å². The highest BCUT2D eigenvalue weighted by molar-refractivity contribution is 5.86. The average Bonchev–Trinajstić information content (AvgIpc) is 3.24. The SMILES string of the molecule is CC(CCC1(CCC(C)CC(C)(C)C)c2ccccc2-c2cc(N(c3ccccc3)c3ccccc3)ccc21)CC(C)(C)C. The van der Waals surface area contributed by atoms with Gasteiger partial charge in [0.15, 0.2) is 0 Å². The van der Waals surface area contributed by atoms with E-state index in [4.69, 9.17) is 0 Å². The van der Waals surface area contributed by atoms with Crippen LogP contribution in [-0.4, -0.2) is 0 Å². The second-order valence-electron chi connectivity index (χ2n) is 16.2. The van der Waals surface area contributed by atoms with Crippen molar-refractivity contribution in [3.05, 3.63) is 114 Å². The molecule has 4 aromatic carbocycles. The number of hydrogen-bond donors (Lipinski definition) is 0. The topological polar surface area (TPSA) is 3.24 Å². The molecule has 0 spiro atoms. The van der Waals surface area contributed by atoms with Gasteiger partial charge in [-0.1, -0.05) is 122 Å². The zero-order valence-corrected chi connectivity index (χ0v) is 28.7. The Morgan fingerprint density at radius 3 is 1.48 bits per heavy atom. The van der Waals surface area contributed by atoms with Crippen molar-refractivity contribution in [2.45, 2.75) is 99.3 Å². The van der Waals surface area contributed by atoms with E-state index in [1.165, 1.54) is 72.3 Å². The second-order valence-corrected chi connectivity index (χ2v) is 16.2. The zero-order valence-electron chi connectivity index (χ0n) is 28.7. The smallest absolute Gasteiger partial charge is 0.0468 e. The van der Waals surface area contributed by atoms with E-state index < -0.39 is 0 Å². The van der Waals surface area contributed by atoms with Gasteiger partial charge < -0.3 is 4.90 Å². The van der Waals surface area contributed by atoms with E-state index in [-0.39, 0.29) is 5.41 Å². The molecule has 232 valence electrons. The number of fused-ring (bicyclic) bond motifs is 3. The van der Waals surface area contributed by atoms with Crippen LogP contribution in [-0.2, 0) is 5.41 Å². The Kier molecular flexibility index (Phi) is 9.45. The summed E-state index contributed by atoms with van der Waals surface area (Å²) < 4.78 is 0. The Morgan fingerprint density at radius 2 is 0.977 bits per heavy atom. The van der Waals surface area contributed by atoms with Gasteiger partial charge in [-0.15, -0.1) is 0 Å². The maximum absolute atomic E-state index is 2.49. The molecular formula is C43H55N. The van der Waals surface area contributed by atoms with E-state index in [2.05, 4.69) is 163 Å². The van der Waals surface area contributed by atoms with Crippen LogP contribution in [0.3, 0.4) is 0 Å². The normalized spacial score (nSPS) is 17.5. The second kappa shape index (κ2) is 13.0. The van der Waals surface area contributed by atoms with Crippen LogP contribution in [0.25, 0.3) is 11.1 Å². The van der Waals surface area contributed by atoms with Crippen molar-refractivity contribution in [1.29, 1.82) is 0 Å². The summed E-state index contributed by atoms with van der Waals surface area (Å²) in [5, 5.41) is 0. The third kappa shape index (κ3) is 7.31. The fourth-order valence-corrected chi connectivity index (χ4v) is 8.14. The summed E-state index contributed by atoms with van der Waals surface area (Å²) in [5.74, 6) is 1.39. The van der Waals surface area contributed by atoms with Gasteiger partial charge >= 0.3 is 0 Å². The van der Waals surface area contributed by atoms with Gasteiger partial charge in [-0.3, -0.25) is 0 Å². The van der Waals surface area contributed by atoms with Crippen molar-refractivity contribution in [2.24, 2.45) is 22.7 Å². The van der Waals surface area contributed by atoms with E-state index in [0.29, 0.717) is 22.7 Å².